The van der Waals surface area contributed by atoms with Gasteiger partial charge in [0.05, 0.1) is 4.92 Å². The van der Waals surface area contributed by atoms with Crippen LogP contribution in [0.4, 0.5) is 11.6 Å². The zero-order chi connectivity index (χ0) is 21.1. The first-order valence-corrected chi connectivity index (χ1v) is 10.2. The Morgan fingerprint density at radius 1 is 1.17 bits per heavy atom. The number of nitro groups is 1. The number of hydrogen-bond donors (Lipinski definition) is 1. The van der Waals surface area contributed by atoms with Gasteiger partial charge in [0.25, 0.3) is 5.69 Å². The second kappa shape index (κ2) is 11.8. The van der Waals surface area contributed by atoms with Crippen molar-refractivity contribution in [1.29, 1.82) is 5.26 Å². The molecule has 156 valence electrons. The Hall–Kier alpha value is -2.92. The van der Waals surface area contributed by atoms with Crippen LogP contribution in [-0.4, -0.2) is 41.0 Å². The Bertz CT molecular complexity index is 820. The van der Waals surface area contributed by atoms with Crippen LogP contribution in [-0.2, 0) is 0 Å². The third-order valence-electron chi connectivity index (χ3n) is 4.66. The predicted octanol–water partition coefficient (Wildman–Crippen LogP) is 4.83. The highest BCUT2D eigenvalue weighted by Crippen LogP contribution is 2.31. The number of unbranched alkanes of at least 4 members (excludes halogenated alkanes) is 2. The molecule has 0 saturated heterocycles. The molecule has 1 aromatic heterocycles. The summed E-state index contributed by atoms with van der Waals surface area (Å²) in [5.74, 6) is 0.332. The van der Waals surface area contributed by atoms with Gasteiger partial charge in [-0.25, -0.2) is 0 Å². The van der Waals surface area contributed by atoms with Gasteiger partial charge in [-0.05, 0) is 45.0 Å². The van der Waals surface area contributed by atoms with Crippen molar-refractivity contribution in [3.63, 3.8) is 0 Å². The maximum Gasteiger partial charge on any atom is 0.282 e. The first kappa shape index (κ1) is 22.4. The predicted molar refractivity (Wildman–Crippen MR) is 113 cm³/mol. The SMILES string of the molecule is CCCCN(CCCC)CCCNc1oc(-c2ccccc2[N+](=O)[O-])nc1C#N. The highest BCUT2D eigenvalue weighted by atomic mass is 16.6. The summed E-state index contributed by atoms with van der Waals surface area (Å²) < 4.78 is 5.66. The fourth-order valence-electron chi connectivity index (χ4n) is 3.05. The van der Waals surface area contributed by atoms with E-state index >= 15 is 0 Å². The quantitative estimate of drug-likeness (QED) is 0.292. The summed E-state index contributed by atoms with van der Waals surface area (Å²) in [4.78, 5) is 17.3. The standard InChI is InChI=1S/C21H29N5O3/c1-3-5-13-25(14-6-4-2)15-9-12-23-21-18(16-22)24-20(29-21)17-10-7-8-11-19(17)26(27)28/h7-8,10-11,23H,3-6,9,12-15H2,1-2H3. The minimum atomic E-state index is -0.486. The molecule has 2 rings (SSSR count). The molecular weight excluding hydrogens is 370 g/mol. The molecule has 2 aromatic rings. The molecule has 1 aromatic carbocycles. The molecule has 0 radical (unpaired) electrons. The molecule has 0 spiro atoms. The van der Waals surface area contributed by atoms with Crippen molar-refractivity contribution in [2.24, 2.45) is 0 Å². The van der Waals surface area contributed by atoms with Gasteiger partial charge in [0.15, 0.2) is 0 Å². The van der Waals surface area contributed by atoms with Crippen LogP contribution in [0.2, 0.25) is 0 Å². The molecule has 0 fully saturated rings. The minimum absolute atomic E-state index is 0.0730. The highest BCUT2D eigenvalue weighted by Gasteiger charge is 2.21. The van der Waals surface area contributed by atoms with Gasteiger partial charge in [-0.15, -0.1) is 0 Å². The van der Waals surface area contributed by atoms with E-state index in [1.165, 1.54) is 31.7 Å². The van der Waals surface area contributed by atoms with Crippen LogP contribution >= 0.6 is 0 Å². The van der Waals surface area contributed by atoms with Gasteiger partial charge in [-0.2, -0.15) is 10.2 Å². The summed E-state index contributed by atoms with van der Waals surface area (Å²) >= 11 is 0. The molecule has 8 heteroatoms. The van der Waals surface area contributed by atoms with E-state index in [4.69, 9.17) is 4.42 Å². The van der Waals surface area contributed by atoms with Crippen molar-refractivity contribution in [2.45, 2.75) is 46.0 Å². The molecule has 0 saturated carbocycles. The zero-order valence-electron chi connectivity index (χ0n) is 17.2. The number of anilines is 1. The minimum Gasteiger partial charge on any atom is -0.419 e. The van der Waals surface area contributed by atoms with E-state index in [9.17, 15) is 15.4 Å². The molecule has 0 amide bonds. The van der Waals surface area contributed by atoms with Gasteiger partial charge in [0, 0.05) is 12.6 Å². The number of nitrogens with zero attached hydrogens (tertiary/aromatic N) is 4. The normalized spacial score (nSPS) is 10.8. The third kappa shape index (κ3) is 6.57. The van der Waals surface area contributed by atoms with E-state index in [2.05, 4.69) is 29.0 Å². The molecule has 8 nitrogen and oxygen atoms in total. The second-order valence-electron chi connectivity index (χ2n) is 6.91. The molecule has 29 heavy (non-hydrogen) atoms. The molecular formula is C21H29N5O3. The fraction of sp³-hybridized carbons (Fsp3) is 0.524. The van der Waals surface area contributed by atoms with Crippen molar-refractivity contribution < 1.29 is 9.34 Å². The molecule has 0 bridgehead atoms. The van der Waals surface area contributed by atoms with Gasteiger partial charge < -0.3 is 14.6 Å². The lowest BCUT2D eigenvalue weighted by molar-refractivity contribution is -0.384. The molecule has 0 aliphatic rings. The van der Waals surface area contributed by atoms with Gasteiger partial charge in [-0.1, -0.05) is 38.8 Å². The van der Waals surface area contributed by atoms with Crippen LogP contribution < -0.4 is 5.32 Å². The van der Waals surface area contributed by atoms with E-state index < -0.39 is 4.92 Å². The zero-order valence-corrected chi connectivity index (χ0v) is 17.2. The summed E-state index contributed by atoms with van der Waals surface area (Å²) in [6.07, 6.45) is 5.64. The molecule has 1 heterocycles. The van der Waals surface area contributed by atoms with Gasteiger partial charge in [-0.3, -0.25) is 10.1 Å². The van der Waals surface area contributed by atoms with Crippen molar-refractivity contribution in [3.05, 3.63) is 40.1 Å². The topological polar surface area (TPSA) is 108 Å². The number of benzene rings is 1. The van der Waals surface area contributed by atoms with Gasteiger partial charge >= 0.3 is 0 Å². The summed E-state index contributed by atoms with van der Waals surface area (Å²) in [5, 5.41) is 23.7. The molecule has 0 aliphatic heterocycles. The number of nitro benzene ring substituents is 1. The summed E-state index contributed by atoms with van der Waals surface area (Å²) in [6.45, 7) is 8.20. The number of nitriles is 1. The molecule has 0 aliphatic carbocycles. The van der Waals surface area contributed by atoms with E-state index in [0.29, 0.717) is 6.54 Å². The smallest absolute Gasteiger partial charge is 0.282 e. The summed E-state index contributed by atoms with van der Waals surface area (Å²) in [5.41, 5.74) is 0.256. The lowest BCUT2D eigenvalue weighted by Gasteiger charge is -2.21. The number of aromatic nitrogens is 1. The van der Waals surface area contributed by atoms with E-state index in [-0.39, 0.29) is 28.7 Å². The number of oxazole rings is 1. The van der Waals surface area contributed by atoms with Crippen molar-refractivity contribution >= 4 is 11.6 Å². The largest absolute Gasteiger partial charge is 0.419 e. The van der Waals surface area contributed by atoms with Crippen LogP contribution in [0.25, 0.3) is 11.5 Å². The van der Waals surface area contributed by atoms with E-state index in [0.717, 1.165) is 26.1 Å². The van der Waals surface area contributed by atoms with Crippen LogP contribution in [0.3, 0.4) is 0 Å². The van der Waals surface area contributed by atoms with Crippen molar-refractivity contribution in [2.75, 3.05) is 31.5 Å². The summed E-state index contributed by atoms with van der Waals surface area (Å²) in [7, 11) is 0. The Kier molecular flexibility index (Phi) is 9.12. The maximum absolute atomic E-state index is 11.2. The first-order valence-electron chi connectivity index (χ1n) is 10.2. The van der Waals surface area contributed by atoms with Crippen LogP contribution in [0.5, 0.6) is 0 Å². The molecule has 1 N–H and O–H groups in total. The summed E-state index contributed by atoms with van der Waals surface area (Å²) in [6, 6.07) is 8.20. The maximum atomic E-state index is 11.2. The number of hydrogen-bond acceptors (Lipinski definition) is 7. The van der Waals surface area contributed by atoms with Gasteiger partial charge in [0.2, 0.25) is 17.5 Å². The Balaban J connectivity index is 2.00. The highest BCUT2D eigenvalue weighted by molar-refractivity contribution is 5.68. The van der Waals surface area contributed by atoms with Crippen LogP contribution in [0, 0.1) is 21.4 Å². The average molecular weight is 399 g/mol. The number of para-hydroxylation sites is 1. The third-order valence-corrected chi connectivity index (χ3v) is 4.66. The van der Waals surface area contributed by atoms with Crippen LogP contribution in [0.1, 0.15) is 51.6 Å². The number of nitrogens with one attached hydrogen (secondary N) is 1. The molecule has 0 atom stereocenters. The Labute approximate surface area is 171 Å². The lowest BCUT2D eigenvalue weighted by Crippen LogP contribution is -2.28. The number of rotatable bonds is 13. The Morgan fingerprint density at radius 2 is 1.83 bits per heavy atom. The Morgan fingerprint density at radius 3 is 2.45 bits per heavy atom. The molecule has 0 unspecified atom stereocenters. The lowest BCUT2D eigenvalue weighted by atomic mass is 10.2. The van der Waals surface area contributed by atoms with E-state index in [1.807, 2.05) is 6.07 Å². The van der Waals surface area contributed by atoms with Crippen LogP contribution in [0.15, 0.2) is 28.7 Å². The second-order valence-corrected chi connectivity index (χ2v) is 6.91. The van der Waals surface area contributed by atoms with Gasteiger partial charge in [0.1, 0.15) is 11.6 Å². The van der Waals surface area contributed by atoms with E-state index in [1.54, 1.807) is 18.2 Å². The monoisotopic (exact) mass is 399 g/mol. The van der Waals surface area contributed by atoms with Crippen molar-refractivity contribution in [3.8, 4) is 17.5 Å². The van der Waals surface area contributed by atoms with Crippen molar-refractivity contribution in [1.82, 2.24) is 9.88 Å². The fourth-order valence-corrected chi connectivity index (χ4v) is 3.05. The average Bonchev–Trinajstić information content (AvgIpc) is 3.15. The first-order chi connectivity index (χ1) is 14.1.